The molecule has 2 aromatic carbocycles. The van der Waals surface area contributed by atoms with Gasteiger partial charge in [0, 0.05) is 16.5 Å². The zero-order chi connectivity index (χ0) is 29.9. The maximum atomic E-state index is 14.9. The molecule has 2 saturated heterocycles. The van der Waals surface area contributed by atoms with E-state index >= 15 is 0 Å². The summed E-state index contributed by atoms with van der Waals surface area (Å²) in [5.74, 6) is -22.1. The van der Waals surface area contributed by atoms with Gasteiger partial charge in [-0.1, -0.05) is 23.3 Å². The van der Waals surface area contributed by atoms with Crippen LogP contribution in [0.15, 0.2) is 29.8 Å². The van der Waals surface area contributed by atoms with Crippen LogP contribution in [-0.2, 0) is 19.2 Å². The van der Waals surface area contributed by atoms with Crippen molar-refractivity contribution >= 4 is 64.1 Å². The first-order valence-electron chi connectivity index (χ1n) is 12.0. The van der Waals surface area contributed by atoms with Crippen LogP contribution in [0, 0.1) is 46.8 Å². The number of aromatic hydroxyl groups is 1. The second kappa shape index (κ2) is 8.89. The summed E-state index contributed by atoms with van der Waals surface area (Å²) >= 11 is 20.0. The van der Waals surface area contributed by atoms with Crippen LogP contribution in [0.1, 0.15) is 24.3 Å². The number of fused-ring (bicyclic) bond motifs is 4. The van der Waals surface area contributed by atoms with E-state index in [9.17, 15) is 46.2 Å². The highest BCUT2D eigenvalue weighted by molar-refractivity contribution is 6.58. The highest BCUT2D eigenvalue weighted by Crippen LogP contribution is 2.66. The number of phenolic OH excluding ortho intramolecular Hbond substituents is 1. The van der Waals surface area contributed by atoms with Gasteiger partial charge in [-0.3, -0.25) is 24.5 Å². The third-order valence-electron chi connectivity index (χ3n) is 8.36. The minimum absolute atomic E-state index is 0.0162. The second-order valence-electron chi connectivity index (χ2n) is 10.2. The van der Waals surface area contributed by atoms with Crippen LogP contribution >= 0.6 is 34.8 Å². The number of allylic oxidation sites excluding steroid dienone is 2. The Hall–Kier alpha value is -3.22. The number of hydrogen-bond acceptors (Lipinski definition) is 5. The summed E-state index contributed by atoms with van der Waals surface area (Å²) in [7, 11) is 0. The number of halogens is 8. The van der Waals surface area contributed by atoms with Crippen molar-refractivity contribution < 1.29 is 46.2 Å². The average molecular weight is 636 g/mol. The number of imide groups is 2. The molecule has 0 bridgehead atoms. The van der Waals surface area contributed by atoms with E-state index in [1.165, 1.54) is 18.2 Å². The number of alkyl halides is 2. The SMILES string of the molecule is O=C1NC(=O)C2C1CC=C1C2CC2(Cl)C(=O)N(c3c(F)c(F)c(F)c(F)c3F)C(=O)C2(Cl)C1c1cc(Cl)ccc1O. The third kappa shape index (κ3) is 3.38. The molecule has 3 fully saturated rings. The van der Waals surface area contributed by atoms with Crippen molar-refractivity contribution in [2.75, 3.05) is 4.90 Å². The van der Waals surface area contributed by atoms with E-state index in [1.807, 2.05) is 0 Å². The van der Waals surface area contributed by atoms with Crippen molar-refractivity contribution in [3.8, 4) is 5.75 Å². The lowest BCUT2D eigenvalue weighted by Gasteiger charge is -2.50. The van der Waals surface area contributed by atoms with E-state index < -0.39 is 104 Å². The van der Waals surface area contributed by atoms with E-state index in [-0.39, 0.29) is 27.5 Å². The van der Waals surface area contributed by atoms with Crippen molar-refractivity contribution in [1.29, 1.82) is 0 Å². The fraction of sp³-hybridized carbons (Fsp3) is 0.308. The van der Waals surface area contributed by atoms with E-state index in [4.69, 9.17) is 34.8 Å². The fourth-order valence-corrected chi connectivity index (χ4v) is 7.69. The Morgan fingerprint density at radius 1 is 0.878 bits per heavy atom. The lowest BCUT2D eigenvalue weighted by molar-refractivity contribution is -0.127. The van der Waals surface area contributed by atoms with Gasteiger partial charge in [-0.2, -0.15) is 0 Å². The Labute approximate surface area is 241 Å². The van der Waals surface area contributed by atoms with Crippen molar-refractivity contribution in [2.24, 2.45) is 17.8 Å². The summed E-state index contributed by atoms with van der Waals surface area (Å²) in [5.41, 5.74) is -1.86. The lowest BCUT2D eigenvalue weighted by Crippen LogP contribution is -2.60. The predicted octanol–water partition coefficient (Wildman–Crippen LogP) is 4.59. The summed E-state index contributed by atoms with van der Waals surface area (Å²) in [6, 6.07) is 3.61. The number of carbonyl (C=O) groups is 4. The molecule has 4 aliphatic rings. The molecule has 214 valence electrons. The number of nitrogens with zero attached hydrogens (tertiary/aromatic N) is 1. The molecule has 6 rings (SSSR count). The molecule has 6 atom stereocenters. The van der Waals surface area contributed by atoms with Crippen molar-refractivity contribution in [3.05, 3.63) is 69.5 Å². The average Bonchev–Trinajstić information content (AvgIpc) is 3.30. The van der Waals surface area contributed by atoms with Crippen LogP contribution < -0.4 is 10.2 Å². The summed E-state index contributed by atoms with van der Waals surface area (Å²) in [6.07, 6.45) is 0.839. The fourth-order valence-electron chi connectivity index (χ4n) is 6.58. The largest absolute Gasteiger partial charge is 0.508 e. The number of benzene rings is 2. The first-order chi connectivity index (χ1) is 19.2. The number of amides is 4. The number of nitrogens with one attached hydrogen (secondary N) is 1. The number of phenols is 1. The smallest absolute Gasteiger partial charge is 0.258 e. The molecule has 6 unspecified atom stereocenters. The molecule has 2 aliphatic heterocycles. The summed E-state index contributed by atoms with van der Waals surface area (Å²) in [4.78, 5) is 47.5. The molecule has 0 radical (unpaired) electrons. The topological polar surface area (TPSA) is 104 Å². The Bertz CT molecular complexity index is 1640. The molecule has 2 heterocycles. The maximum absolute atomic E-state index is 14.9. The molecule has 4 amide bonds. The lowest BCUT2D eigenvalue weighted by atomic mass is 9.56. The third-order valence-corrected chi connectivity index (χ3v) is 10.0. The van der Waals surface area contributed by atoms with Gasteiger partial charge in [0.1, 0.15) is 11.4 Å². The molecule has 2 N–H and O–H groups in total. The van der Waals surface area contributed by atoms with Crippen LogP contribution in [-0.4, -0.2) is 38.5 Å². The Balaban J connectivity index is 1.64. The summed E-state index contributed by atoms with van der Waals surface area (Å²) in [5, 5.41) is 13.0. The van der Waals surface area contributed by atoms with Crippen LogP contribution in [0.2, 0.25) is 5.02 Å². The van der Waals surface area contributed by atoms with Crippen molar-refractivity contribution in [2.45, 2.75) is 28.5 Å². The minimum atomic E-state index is -2.73. The van der Waals surface area contributed by atoms with E-state index in [0.717, 1.165) is 6.07 Å². The van der Waals surface area contributed by atoms with Crippen LogP contribution in [0.25, 0.3) is 0 Å². The van der Waals surface area contributed by atoms with Crippen LogP contribution in [0.3, 0.4) is 0 Å². The van der Waals surface area contributed by atoms with Gasteiger partial charge in [-0.05, 0) is 37.0 Å². The van der Waals surface area contributed by atoms with Gasteiger partial charge in [-0.15, -0.1) is 23.2 Å². The van der Waals surface area contributed by atoms with Gasteiger partial charge in [0.05, 0.1) is 11.8 Å². The predicted molar refractivity (Wildman–Crippen MR) is 133 cm³/mol. The van der Waals surface area contributed by atoms with Crippen LogP contribution in [0.5, 0.6) is 5.75 Å². The molecule has 2 aromatic rings. The van der Waals surface area contributed by atoms with Crippen LogP contribution in [0.4, 0.5) is 27.6 Å². The molecular formula is C26H14Cl3F5N2O5. The monoisotopic (exact) mass is 634 g/mol. The van der Waals surface area contributed by atoms with Crippen molar-refractivity contribution in [3.63, 3.8) is 0 Å². The standard InChI is InChI=1S/C26H14Cl3F5N2O5/c27-7-1-4-12(37)10(5-7)14-8-2-3-9-13(22(39)35-21(9)38)11(8)6-25(28)23(40)36(24(41)26(14,25)29)20-18(33)16(31)15(30)17(32)19(20)34/h1-2,4-5,9,11,13-14,37H,3,6H2,(H,35,38,39). The van der Waals surface area contributed by atoms with Gasteiger partial charge in [0.25, 0.3) is 11.8 Å². The summed E-state index contributed by atoms with van der Waals surface area (Å²) in [6.45, 7) is 0. The van der Waals surface area contributed by atoms with E-state index in [1.54, 1.807) is 0 Å². The molecular weight excluding hydrogens is 622 g/mol. The first-order valence-corrected chi connectivity index (χ1v) is 13.1. The number of anilines is 1. The van der Waals surface area contributed by atoms with Gasteiger partial charge >= 0.3 is 0 Å². The number of rotatable bonds is 2. The minimum Gasteiger partial charge on any atom is -0.508 e. The van der Waals surface area contributed by atoms with Crippen molar-refractivity contribution in [1.82, 2.24) is 5.32 Å². The molecule has 41 heavy (non-hydrogen) atoms. The molecule has 15 heteroatoms. The zero-order valence-electron chi connectivity index (χ0n) is 20.1. The van der Waals surface area contributed by atoms with Gasteiger partial charge in [-0.25, -0.2) is 26.9 Å². The maximum Gasteiger partial charge on any atom is 0.258 e. The van der Waals surface area contributed by atoms with Gasteiger partial charge in [0.15, 0.2) is 33.0 Å². The Morgan fingerprint density at radius 3 is 2.12 bits per heavy atom. The normalized spacial score (nSPS) is 32.5. The van der Waals surface area contributed by atoms with E-state index in [0.29, 0.717) is 0 Å². The molecule has 0 spiro atoms. The second-order valence-corrected chi connectivity index (χ2v) is 11.9. The highest BCUT2D eigenvalue weighted by Gasteiger charge is 2.77. The number of carbonyl (C=O) groups excluding carboxylic acids is 4. The Morgan fingerprint density at radius 2 is 1.49 bits per heavy atom. The summed E-state index contributed by atoms with van der Waals surface area (Å²) < 4.78 is 72.0. The van der Waals surface area contributed by atoms with Gasteiger partial charge < -0.3 is 5.11 Å². The van der Waals surface area contributed by atoms with Gasteiger partial charge in [0.2, 0.25) is 17.6 Å². The zero-order valence-corrected chi connectivity index (χ0v) is 22.4. The highest BCUT2D eigenvalue weighted by atomic mass is 35.5. The molecule has 7 nitrogen and oxygen atoms in total. The Kier molecular flexibility index (Phi) is 6.05. The number of hydrogen-bond donors (Lipinski definition) is 2. The molecule has 2 aliphatic carbocycles. The molecule has 0 aromatic heterocycles. The molecule has 1 saturated carbocycles. The van der Waals surface area contributed by atoms with E-state index in [2.05, 4.69) is 5.32 Å². The first kappa shape index (κ1) is 27.9. The quantitative estimate of drug-likeness (QED) is 0.126.